The molecule has 31 heavy (non-hydrogen) atoms. The lowest BCUT2D eigenvalue weighted by Crippen LogP contribution is -2.38. The molecule has 2 heterocycles. The van der Waals surface area contributed by atoms with Gasteiger partial charge in [0.1, 0.15) is 17.3 Å². The first-order chi connectivity index (χ1) is 14.6. The monoisotopic (exact) mass is 556 g/mol. The second kappa shape index (κ2) is 12.5. The van der Waals surface area contributed by atoms with Crippen molar-refractivity contribution in [2.75, 3.05) is 20.8 Å². The molecule has 3 aromatic rings. The first-order valence-electron chi connectivity index (χ1n) is 9.71. The molecule has 0 radical (unpaired) electrons. The van der Waals surface area contributed by atoms with Crippen LogP contribution < -0.4 is 20.1 Å². The fraction of sp³-hybridized carbons (Fsp3) is 0.381. The van der Waals surface area contributed by atoms with Crippen LogP contribution in [0.1, 0.15) is 22.1 Å². The van der Waals surface area contributed by atoms with Crippen LogP contribution >= 0.6 is 35.3 Å². The first-order valence-corrected chi connectivity index (χ1v) is 10.6. The van der Waals surface area contributed by atoms with Crippen molar-refractivity contribution < 1.29 is 9.47 Å². The molecule has 0 fully saturated rings. The maximum Gasteiger partial charge on any atom is 0.191 e. The van der Waals surface area contributed by atoms with Crippen LogP contribution in [0.3, 0.4) is 0 Å². The Morgan fingerprint density at radius 3 is 2.65 bits per heavy atom. The number of hydrogen-bond donors (Lipinski definition) is 2. The SMILES string of the molecule is COc1ccc(CN=C(NCCc2cccs2)NCc2nnc(C)n2C)c(OC)c1.I. The zero-order valence-corrected chi connectivity index (χ0v) is 21.4. The molecular weight excluding hydrogens is 527 g/mol. The van der Waals surface area contributed by atoms with Gasteiger partial charge in [-0.2, -0.15) is 0 Å². The summed E-state index contributed by atoms with van der Waals surface area (Å²) in [5.74, 6) is 3.94. The summed E-state index contributed by atoms with van der Waals surface area (Å²) in [6.45, 7) is 3.71. The van der Waals surface area contributed by atoms with Crippen LogP contribution in [0.2, 0.25) is 0 Å². The third-order valence-corrected chi connectivity index (χ3v) is 5.68. The number of aryl methyl sites for hydroxylation is 1. The minimum Gasteiger partial charge on any atom is -0.497 e. The summed E-state index contributed by atoms with van der Waals surface area (Å²) in [4.78, 5) is 6.08. The predicted molar refractivity (Wildman–Crippen MR) is 135 cm³/mol. The second-order valence-electron chi connectivity index (χ2n) is 6.67. The summed E-state index contributed by atoms with van der Waals surface area (Å²) in [6, 6.07) is 9.95. The van der Waals surface area contributed by atoms with E-state index in [1.54, 1.807) is 25.6 Å². The highest BCUT2D eigenvalue weighted by molar-refractivity contribution is 14.0. The predicted octanol–water partition coefficient (Wildman–Crippen LogP) is 3.30. The quantitative estimate of drug-likeness (QED) is 0.239. The van der Waals surface area contributed by atoms with E-state index in [1.807, 2.05) is 36.7 Å². The number of nitrogens with zero attached hydrogens (tertiary/aromatic N) is 4. The van der Waals surface area contributed by atoms with Crippen LogP contribution in [0.4, 0.5) is 0 Å². The van der Waals surface area contributed by atoms with Gasteiger partial charge in [-0.3, -0.25) is 0 Å². The molecule has 0 atom stereocenters. The van der Waals surface area contributed by atoms with Crippen LogP contribution in [0.5, 0.6) is 11.5 Å². The molecule has 1 aromatic carbocycles. The number of methoxy groups -OCH3 is 2. The van der Waals surface area contributed by atoms with Crippen LogP contribution in [0.25, 0.3) is 0 Å². The van der Waals surface area contributed by atoms with Crippen LogP contribution in [0.15, 0.2) is 40.7 Å². The number of thiophene rings is 1. The Kier molecular flexibility index (Phi) is 10.0. The first kappa shape index (κ1) is 24.9. The third kappa shape index (κ3) is 7.10. The van der Waals surface area contributed by atoms with E-state index in [4.69, 9.17) is 14.5 Å². The van der Waals surface area contributed by atoms with Gasteiger partial charge in [-0.15, -0.1) is 45.5 Å². The number of benzene rings is 1. The molecule has 0 spiro atoms. The minimum atomic E-state index is 0. The zero-order valence-electron chi connectivity index (χ0n) is 18.2. The molecule has 0 aliphatic carbocycles. The van der Waals surface area contributed by atoms with Gasteiger partial charge >= 0.3 is 0 Å². The molecule has 168 valence electrons. The molecule has 0 saturated carbocycles. The summed E-state index contributed by atoms with van der Waals surface area (Å²) in [7, 11) is 5.24. The smallest absolute Gasteiger partial charge is 0.191 e. The number of aliphatic imine (C=N–C) groups is 1. The summed E-state index contributed by atoms with van der Waals surface area (Å²) < 4.78 is 12.7. The van der Waals surface area contributed by atoms with Crippen LogP contribution in [-0.4, -0.2) is 41.5 Å². The molecule has 0 unspecified atom stereocenters. The molecule has 3 rings (SSSR count). The molecule has 8 nitrogen and oxygen atoms in total. The Morgan fingerprint density at radius 2 is 2.00 bits per heavy atom. The Bertz CT molecular complexity index is 974. The Hall–Kier alpha value is -2.34. The highest BCUT2D eigenvalue weighted by atomic mass is 127. The summed E-state index contributed by atoms with van der Waals surface area (Å²) in [5.41, 5.74) is 0.979. The lowest BCUT2D eigenvalue weighted by molar-refractivity contribution is 0.391. The molecule has 0 bridgehead atoms. The zero-order chi connectivity index (χ0) is 21.3. The molecule has 0 amide bonds. The Morgan fingerprint density at radius 1 is 1.16 bits per heavy atom. The van der Waals surface area contributed by atoms with Crippen molar-refractivity contribution in [3.63, 3.8) is 0 Å². The number of aromatic nitrogens is 3. The molecule has 0 saturated heterocycles. The number of nitrogens with one attached hydrogen (secondary N) is 2. The van der Waals surface area contributed by atoms with E-state index in [2.05, 4.69) is 38.3 Å². The second-order valence-corrected chi connectivity index (χ2v) is 7.71. The van der Waals surface area contributed by atoms with Gasteiger partial charge < -0.3 is 24.7 Å². The number of halogens is 1. The van der Waals surface area contributed by atoms with Gasteiger partial charge in [0, 0.05) is 30.1 Å². The van der Waals surface area contributed by atoms with E-state index < -0.39 is 0 Å². The number of guanidine groups is 1. The molecule has 0 aliphatic rings. The van der Waals surface area contributed by atoms with Crippen LogP contribution in [-0.2, 0) is 26.6 Å². The fourth-order valence-electron chi connectivity index (χ4n) is 2.85. The molecule has 0 aliphatic heterocycles. The van der Waals surface area contributed by atoms with E-state index in [9.17, 15) is 0 Å². The van der Waals surface area contributed by atoms with Gasteiger partial charge in [-0.05, 0) is 36.9 Å². The lowest BCUT2D eigenvalue weighted by Gasteiger charge is -2.13. The summed E-state index contributed by atoms with van der Waals surface area (Å²) >= 11 is 1.76. The number of ether oxygens (including phenoxy) is 2. The molecular formula is C21H29IN6O2S. The highest BCUT2D eigenvalue weighted by Crippen LogP contribution is 2.25. The maximum absolute atomic E-state index is 5.49. The van der Waals surface area contributed by atoms with Gasteiger partial charge in [0.2, 0.25) is 0 Å². The average Bonchev–Trinajstić information content (AvgIpc) is 3.40. The Balaban J connectivity index is 0.00000341. The van der Waals surface area contributed by atoms with E-state index in [-0.39, 0.29) is 24.0 Å². The normalized spacial score (nSPS) is 11.0. The van der Waals surface area contributed by atoms with E-state index >= 15 is 0 Å². The largest absolute Gasteiger partial charge is 0.497 e. The average molecular weight is 556 g/mol. The van der Waals surface area contributed by atoms with Crippen LogP contribution in [0, 0.1) is 6.92 Å². The molecule has 10 heteroatoms. The lowest BCUT2D eigenvalue weighted by atomic mass is 10.2. The van der Waals surface area contributed by atoms with Crippen molar-refractivity contribution in [1.82, 2.24) is 25.4 Å². The van der Waals surface area contributed by atoms with Gasteiger partial charge in [0.25, 0.3) is 0 Å². The van der Waals surface area contributed by atoms with E-state index in [1.165, 1.54) is 4.88 Å². The fourth-order valence-corrected chi connectivity index (χ4v) is 3.56. The van der Waals surface area contributed by atoms with Crippen molar-refractivity contribution in [2.45, 2.75) is 26.4 Å². The summed E-state index contributed by atoms with van der Waals surface area (Å²) in [6.07, 6.45) is 0.938. The minimum absolute atomic E-state index is 0. The number of hydrogen-bond acceptors (Lipinski definition) is 6. The standard InChI is InChI=1S/C21H28N6O2S.HI/c1-15-25-26-20(27(15)2)14-24-21(22-10-9-18-6-5-11-30-18)23-13-16-7-8-17(28-3)12-19(16)29-4;/h5-8,11-12H,9-10,13-14H2,1-4H3,(H2,22,23,24);1H. The Labute approximate surface area is 204 Å². The van der Waals surface area contributed by atoms with Crippen molar-refractivity contribution >= 4 is 41.3 Å². The van der Waals surface area contributed by atoms with E-state index in [0.717, 1.165) is 41.7 Å². The van der Waals surface area contributed by atoms with Gasteiger partial charge in [-0.1, -0.05) is 6.07 Å². The molecule has 2 aromatic heterocycles. The van der Waals surface area contributed by atoms with E-state index in [0.29, 0.717) is 19.0 Å². The summed E-state index contributed by atoms with van der Waals surface area (Å²) in [5, 5.41) is 17.2. The van der Waals surface area contributed by atoms with Gasteiger partial charge in [0.05, 0.1) is 27.3 Å². The van der Waals surface area contributed by atoms with Crippen molar-refractivity contribution in [3.8, 4) is 11.5 Å². The van der Waals surface area contributed by atoms with Crippen molar-refractivity contribution in [3.05, 3.63) is 57.8 Å². The third-order valence-electron chi connectivity index (χ3n) is 4.74. The van der Waals surface area contributed by atoms with Gasteiger partial charge in [0.15, 0.2) is 11.8 Å². The van der Waals surface area contributed by atoms with Gasteiger partial charge in [-0.25, -0.2) is 4.99 Å². The maximum atomic E-state index is 5.49. The molecule has 2 N–H and O–H groups in total. The topological polar surface area (TPSA) is 85.6 Å². The highest BCUT2D eigenvalue weighted by Gasteiger charge is 2.08. The number of rotatable bonds is 9. The van der Waals surface area contributed by atoms with Crippen molar-refractivity contribution in [2.24, 2.45) is 12.0 Å². The van der Waals surface area contributed by atoms with Crippen molar-refractivity contribution in [1.29, 1.82) is 0 Å².